The second-order valence-corrected chi connectivity index (χ2v) is 5.49. The number of benzene rings is 1. The molecule has 0 fully saturated rings. The van der Waals surface area contributed by atoms with Gasteiger partial charge in [0, 0.05) is 17.3 Å². The second kappa shape index (κ2) is 6.28. The first-order valence-electron chi connectivity index (χ1n) is 6.30. The molecule has 1 aromatic heterocycles. The fourth-order valence-electron chi connectivity index (χ4n) is 2.02. The van der Waals surface area contributed by atoms with E-state index in [0.717, 1.165) is 22.4 Å². The van der Waals surface area contributed by atoms with Gasteiger partial charge in [0.2, 0.25) is 0 Å². The van der Waals surface area contributed by atoms with Crippen LogP contribution in [-0.2, 0) is 0 Å². The van der Waals surface area contributed by atoms with Gasteiger partial charge in [-0.3, -0.25) is 0 Å². The summed E-state index contributed by atoms with van der Waals surface area (Å²) in [5.74, 6) is 1.23. The molecule has 21 heavy (non-hydrogen) atoms. The third-order valence-electron chi connectivity index (χ3n) is 3.14. The SMILES string of the molecule is COc1cc(Cl)c(C)cc1Nc1nccc(C)c1C(N)=S. The largest absolute Gasteiger partial charge is 0.495 e. The van der Waals surface area contributed by atoms with Crippen molar-refractivity contribution < 1.29 is 4.74 Å². The number of pyridine rings is 1. The molecule has 0 bridgehead atoms. The maximum atomic E-state index is 6.11. The average molecular weight is 322 g/mol. The van der Waals surface area contributed by atoms with Crippen LogP contribution in [0.4, 0.5) is 11.5 Å². The Bertz CT molecular complexity index is 704. The van der Waals surface area contributed by atoms with Crippen molar-refractivity contribution in [1.29, 1.82) is 0 Å². The number of thiocarbonyl (C=S) groups is 1. The van der Waals surface area contributed by atoms with Crippen molar-refractivity contribution >= 4 is 40.3 Å². The van der Waals surface area contributed by atoms with E-state index in [0.29, 0.717) is 21.6 Å². The zero-order valence-corrected chi connectivity index (χ0v) is 13.6. The molecule has 6 heteroatoms. The zero-order valence-electron chi connectivity index (χ0n) is 12.0. The van der Waals surface area contributed by atoms with Gasteiger partial charge in [-0.15, -0.1) is 0 Å². The number of rotatable bonds is 4. The number of hydrogen-bond donors (Lipinski definition) is 2. The minimum Gasteiger partial charge on any atom is -0.495 e. The molecule has 0 saturated carbocycles. The van der Waals surface area contributed by atoms with Crippen LogP contribution in [0, 0.1) is 13.8 Å². The van der Waals surface area contributed by atoms with Gasteiger partial charge in [0.15, 0.2) is 0 Å². The fourth-order valence-corrected chi connectivity index (χ4v) is 2.43. The Morgan fingerprint density at radius 3 is 2.67 bits per heavy atom. The average Bonchev–Trinajstić information content (AvgIpc) is 2.42. The minimum absolute atomic E-state index is 0.299. The first-order valence-corrected chi connectivity index (χ1v) is 7.09. The number of aryl methyl sites for hydroxylation is 2. The number of methoxy groups -OCH3 is 1. The van der Waals surface area contributed by atoms with Crippen molar-refractivity contribution in [2.24, 2.45) is 5.73 Å². The first-order chi connectivity index (χ1) is 9.93. The quantitative estimate of drug-likeness (QED) is 0.840. The highest BCUT2D eigenvalue weighted by Gasteiger charge is 2.13. The Kier molecular flexibility index (Phi) is 4.65. The molecule has 1 heterocycles. The lowest BCUT2D eigenvalue weighted by molar-refractivity contribution is 0.416. The van der Waals surface area contributed by atoms with Gasteiger partial charge in [0.05, 0.1) is 18.4 Å². The summed E-state index contributed by atoms with van der Waals surface area (Å²) in [6.45, 7) is 3.86. The van der Waals surface area contributed by atoms with Crippen LogP contribution in [-0.4, -0.2) is 17.1 Å². The van der Waals surface area contributed by atoms with Crippen LogP contribution < -0.4 is 15.8 Å². The monoisotopic (exact) mass is 321 g/mol. The lowest BCUT2D eigenvalue weighted by Crippen LogP contribution is -2.15. The maximum Gasteiger partial charge on any atom is 0.143 e. The number of anilines is 2. The summed E-state index contributed by atoms with van der Waals surface area (Å²) in [5.41, 5.74) is 9.17. The molecule has 2 aromatic rings. The van der Waals surface area contributed by atoms with E-state index in [1.54, 1.807) is 19.4 Å². The highest BCUT2D eigenvalue weighted by molar-refractivity contribution is 7.80. The predicted octanol–water partition coefficient (Wildman–Crippen LogP) is 3.74. The van der Waals surface area contributed by atoms with E-state index in [4.69, 9.17) is 34.3 Å². The molecule has 0 aliphatic carbocycles. The molecular formula is C15H16ClN3OS. The molecular weight excluding hydrogens is 306 g/mol. The molecule has 2 rings (SSSR count). The Morgan fingerprint density at radius 1 is 1.33 bits per heavy atom. The molecule has 3 N–H and O–H groups in total. The van der Waals surface area contributed by atoms with E-state index < -0.39 is 0 Å². The standard InChI is InChI=1S/C15H16ClN3OS/c1-8-4-5-18-15(13(8)14(17)21)19-11-6-9(2)10(16)7-12(11)20-3/h4-7H,1-3H3,(H2,17,21)(H,18,19). The molecule has 1 aromatic carbocycles. The Labute approximate surface area is 134 Å². The van der Waals surface area contributed by atoms with Crippen molar-refractivity contribution in [3.05, 3.63) is 46.1 Å². The number of nitrogens with two attached hydrogens (primary N) is 1. The Balaban J connectivity index is 2.50. The van der Waals surface area contributed by atoms with Crippen molar-refractivity contribution in [2.45, 2.75) is 13.8 Å². The smallest absolute Gasteiger partial charge is 0.143 e. The topological polar surface area (TPSA) is 60.2 Å². The van der Waals surface area contributed by atoms with Gasteiger partial charge in [0.1, 0.15) is 16.6 Å². The van der Waals surface area contributed by atoms with E-state index in [1.807, 2.05) is 26.0 Å². The molecule has 0 atom stereocenters. The maximum absolute atomic E-state index is 6.11. The van der Waals surface area contributed by atoms with Crippen molar-refractivity contribution in [2.75, 3.05) is 12.4 Å². The lowest BCUT2D eigenvalue weighted by atomic mass is 10.1. The van der Waals surface area contributed by atoms with Crippen LogP contribution in [0.5, 0.6) is 5.75 Å². The molecule has 4 nitrogen and oxygen atoms in total. The highest BCUT2D eigenvalue weighted by atomic mass is 35.5. The summed E-state index contributed by atoms with van der Waals surface area (Å²) < 4.78 is 5.35. The molecule has 0 radical (unpaired) electrons. The molecule has 0 saturated heterocycles. The van der Waals surface area contributed by atoms with Crippen LogP contribution in [0.2, 0.25) is 5.02 Å². The third kappa shape index (κ3) is 3.25. The summed E-state index contributed by atoms with van der Waals surface area (Å²) in [5, 5.41) is 3.86. The fraction of sp³-hybridized carbons (Fsp3) is 0.200. The van der Waals surface area contributed by atoms with Gasteiger partial charge in [-0.2, -0.15) is 0 Å². The van der Waals surface area contributed by atoms with Crippen LogP contribution in [0.15, 0.2) is 24.4 Å². The normalized spacial score (nSPS) is 10.3. The van der Waals surface area contributed by atoms with E-state index in [2.05, 4.69) is 10.3 Å². The van der Waals surface area contributed by atoms with Crippen molar-refractivity contribution in [3.8, 4) is 5.75 Å². The molecule has 110 valence electrons. The van der Waals surface area contributed by atoms with Gasteiger partial charge < -0.3 is 15.8 Å². The molecule has 0 spiro atoms. The van der Waals surface area contributed by atoms with E-state index in [9.17, 15) is 0 Å². The van der Waals surface area contributed by atoms with Gasteiger partial charge in [-0.25, -0.2) is 4.98 Å². The van der Waals surface area contributed by atoms with Crippen LogP contribution in [0.1, 0.15) is 16.7 Å². The summed E-state index contributed by atoms with van der Waals surface area (Å²) in [4.78, 5) is 4.62. The highest BCUT2D eigenvalue weighted by Crippen LogP contribution is 2.33. The second-order valence-electron chi connectivity index (χ2n) is 4.64. The van der Waals surface area contributed by atoms with Gasteiger partial charge in [0.25, 0.3) is 0 Å². The molecule has 0 amide bonds. The summed E-state index contributed by atoms with van der Waals surface area (Å²) in [6, 6.07) is 5.52. The molecule has 0 aliphatic heterocycles. The molecule has 0 aliphatic rings. The lowest BCUT2D eigenvalue weighted by Gasteiger charge is -2.15. The van der Waals surface area contributed by atoms with Gasteiger partial charge >= 0.3 is 0 Å². The van der Waals surface area contributed by atoms with Crippen LogP contribution in [0.3, 0.4) is 0 Å². The van der Waals surface area contributed by atoms with E-state index in [1.165, 1.54) is 0 Å². The van der Waals surface area contributed by atoms with Crippen LogP contribution >= 0.6 is 23.8 Å². The summed E-state index contributed by atoms with van der Waals surface area (Å²) >= 11 is 11.2. The third-order valence-corrected chi connectivity index (χ3v) is 3.75. The van der Waals surface area contributed by atoms with E-state index >= 15 is 0 Å². The van der Waals surface area contributed by atoms with Crippen molar-refractivity contribution in [1.82, 2.24) is 4.98 Å². The Morgan fingerprint density at radius 2 is 2.05 bits per heavy atom. The number of hydrogen-bond acceptors (Lipinski definition) is 4. The number of ether oxygens (including phenoxy) is 1. The van der Waals surface area contributed by atoms with E-state index in [-0.39, 0.29) is 0 Å². The van der Waals surface area contributed by atoms with Crippen molar-refractivity contribution in [3.63, 3.8) is 0 Å². The number of nitrogens with one attached hydrogen (secondary N) is 1. The molecule has 0 unspecified atom stereocenters. The van der Waals surface area contributed by atoms with Gasteiger partial charge in [-0.05, 0) is 37.1 Å². The van der Waals surface area contributed by atoms with Gasteiger partial charge in [-0.1, -0.05) is 23.8 Å². The number of nitrogens with zero attached hydrogens (tertiary/aromatic N) is 1. The number of aromatic nitrogens is 1. The number of halogens is 1. The minimum atomic E-state index is 0.299. The zero-order chi connectivity index (χ0) is 15.6. The summed E-state index contributed by atoms with van der Waals surface area (Å²) in [6.07, 6.45) is 1.70. The summed E-state index contributed by atoms with van der Waals surface area (Å²) in [7, 11) is 1.59. The Hall–Kier alpha value is -1.85. The first kappa shape index (κ1) is 15.5. The van der Waals surface area contributed by atoms with Crippen LogP contribution in [0.25, 0.3) is 0 Å². The predicted molar refractivity (Wildman–Crippen MR) is 90.9 cm³/mol.